The molecular weight excluding hydrogens is 434 g/mol. The van der Waals surface area contributed by atoms with Gasteiger partial charge in [-0.25, -0.2) is 0 Å². The summed E-state index contributed by atoms with van der Waals surface area (Å²) in [4.78, 5) is 20.2. The van der Waals surface area contributed by atoms with Crippen LogP contribution >= 0.6 is 11.6 Å². The molecule has 1 fully saturated rings. The number of hydrogen-bond acceptors (Lipinski definition) is 4. The number of carbonyl (C=O) groups is 1. The molecule has 0 saturated carbocycles. The summed E-state index contributed by atoms with van der Waals surface area (Å²) in [5, 5.41) is 3.94. The first-order valence-electron chi connectivity index (χ1n) is 11.5. The number of likely N-dealkylation sites (tertiary alicyclic amines) is 1. The highest BCUT2D eigenvalue weighted by molar-refractivity contribution is 6.30. The second-order valence-electron chi connectivity index (χ2n) is 8.48. The van der Waals surface area contributed by atoms with Gasteiger partial charge in [-0.3, -0.25) is 14.7 Å². The molecule has 0 aliphatic carbocycles. The van der Waals surface area contributed by atoms with Gasteiger partial charge in [-0.15, -0.1) is 0 Å². The number of aromatic nitrogens is 1. The Kier molecular flexibility index (Phi) is 7.97. The van der Waals surface area contributed by atoms with Crippen LogP contribution in [0.4, 0.5) is 0 Å². The fourth-order valence-corrected chi connectivity index (χ4v) is 4.38. The van der Waals surface area contributed by atoms with Gasteiger partial charge in [0.25, 0.3) is 0 Å². The van der Waals surface area contributed by atoms with E-state index < -0.39 is 0 Å². The number of rotatable bonds is 8. The zero-order valence-corrected chi connectivity index (χ0v) is 19.7. The quantitative estimate of drug-likeness (QED) is 0.508. The molecule has 1 amide bonds. The summed E-state index contributed by atoms with van der Waals surface area (Å²) in [7, 11) is 0. The van der Waals surface area contributed by atoms with Crippen molar-refractivity contribution < 1.29 is 9.53 Å². The fraction of sp³-hybridized carbons (Fsp3) is 0.333. The third kappa shape index (κ3) is 6.34. The van der Waals surface area contributed by atoms with Crippen molar-refractivity contribution in [1.82, 2.24) is 15.2 Å². The van der Waals surface area contributed by atoms with Crippen LogP contribution in [-0.2, 0) is 4.79 Å². The summed E-state index contributed by atoms with van der Waals surface area (Å²) in [6.45, 7) is 5.32. The topological polar surface area (TPSA) is 54.5 Å². The van der Waals surface area contributed by atoms with Crippen LogP contribution in [0.25, 0.3) is 0 Å². The van der Waals surface area contributed by atoms with E-state index in [4.69, 9.17) is 16.3 Å². The molecule has 0 bridgehead atoms. The summed E-state index contributed by atoms with van der Waals surface area (Å²) in [5.41, 5.74) is 2.89. The Labute approximate surface area is 200 Å². The molecule has 1 aliphatic heterocycles. The van der Waals surface area contributed by atoms with Gasteiger partial charge in [0.2, 0.25) is 5.91 Å². The Morgan fingerprint density at radius 1 is 1.09 bits per heavy atom. The van der Waals surface area contributed by atoms with Gasteiger partial charge in [0.15, 0.2) is 0 Å². The highest BCUT2D eigenvalue weighted by atomic mass is 35.5. The zero-order chi connectivity index (χ0) is 23.0. The Morgan fingerprint density at radius 2 is 1.82 bits per heavy atom. The van der Waals surface area contributed by atoms with E-state index in [1.807, 2.05) is 73.7 Å². The third-order valence-electron chi connectivity index (χ3n) is 6.19. The van der Waals surface area contributed by atoms with Gasteiger partial charge in [-0.1, -0.05) is 48.0 Å². The van der Waals surface area contributed by atoms with Crippen LogP contribution in [0.2, 0.25) is 5.02 Å². The van der Waals surface area contributed by atoms with E-state index in [-0.39, 0.29) is 17.9 Å². The smallest absolute Gasteiger partial charge is 0.224 e. The standard InChI is InChI=1S/C27H30ClN3O2/c1-20-6-5-15-29-25(20)26(21-9-11-23(28)12-10-21)30-27(32)22-13-16-31(17-14-22)18-19-33-24-7-3-2-4-8-24/h2-12,15,22,26H,13-14,16-19H2,1H3,(H,30,32). The van der Waals surface area contributed by atoms with Gasteiger partial charge in [-0.2, -0.15) is 0 Å². The Balaban J connectivity index is 1.34. The molecule has 4 rings (SSSR count). The Hall–Kier alpha value is -2.89. The van der Waals surface area contributed by atoms with E-state index in [1.54, 1.807) is 6.20 Å². The second-order valence-corrected chi connectivity index (χ2v) is 8.91. The molecular formula is C27H30ClN3O2. The van der Waals surface area contributed by atoms with Gasteiger partial charge in [0.1, 0.15) is 12.4 Å². The van der Waals surface area contributed by atoms with Gasteiger partial charge in [0.05, 0.1) is 11.7 Å². The molecule has 1 aromatic heterocycles. The average Bonchev–Trinajstić information content (AvgIpc) is 2.85. The van der Waals surface area contributed by atoms with Gasteiger partial charge in [-0.05, 0) is 74.3 Å². The summed E-state index contributed by atoms with van der Waals surface area (Å²) in [6, 6.07) is 21.1. The largest absolute Gasteiger partial charge is 0.492 e. The summed E-state index contributed by atoms with van der Waals surface area (Å²) >= 11 is 6.09. The normalized spacial score (nSPS) is 15.7. The summed E-state index contributed by atoms with van der Waals surface area (Å²) < 4.78 is 5.82. The minimum atomic E-state index is -0.298. The number of amides is 1. The number of para-hydroxylation sites is 1. The Bertz CT molecular complexity index is 1030. The van der Waals surface area contributed by atoms with Crippen molar-refractivity contribution >= 4 is 17.5 Å². The molecule has 33 heavy (non-hydrogen) atoms. The van der Waals surface area contributed by atoms with Gasteiger partial charge >= 0.3 is 0 Å². The molecule has 5 nitrogen and oxygen atoms in total. The lowest BCUT2D eigenvalue weighted by molar-refractivity contribution is -0.127. The molecule has 1 unspecified atom stereocenters. The van der Waals surface area contributed by atoms with E-state index in [0.29, 0.717) is 11.6 Å². The van der Waals surface area contributed by atoms with E-state index >= 15 is 0 Å². The lowest BCUT2D eigenvalue weighted by atomic mass is 9.94. The number of nitrogens with zero attached hydrogens (tertiary/aromatic N) is 2. The van der Waals surface area contributed by atoms with E-state index in [0.717, 1.165) is 55.0 Å². The number of benzene rings is 2. The first kappa shape index (κ1) is 23.3. The molecule has 6 heteroatoms. The number of hydrogen-bond donors (Lipinski definition) is 1. The van der Waals surface area contributed by atoms with Crippen LogP contribution in [0, 0.1) is 12.8 Å². The number of piperidine rings is 1. The lowest BCUT2D eigenvalue weighted by Crippen LogP contribution is -2.43. The maximum atomic E-state index is 13.2. The monoisotopic (exact) mass is 463 g/mol. The van der Waals surface area contributed by atoms with Crippen molar-refractivity contribution in [2.75, 3.05) is 26.2 Å². The fourth-order valence-electron chi connectivity index (χ4n) is 4.25. The second kappa shape index (κ2) is 11.3. The Morgan fingerprint density at radius 3 is 2.52 bits per heavy atom. The molecule has 2 heterocycles. The SMILES string of the molecule is Cc1cccnc1C(NC(=O)C1CCN(CCOc2ccccc2)CC1)c1ccc(Cl)cc1. The molecule has 0 spiro atoms. The minimum Gasteiger partial charge on any atom is -0.492 e. The highest BCUT2D eigenvalue weighted by Gasteiger charge is 2.28. The van der Waals surface area contributed by atoms with Crippen molar-refractivity contribution in [3.05, 3.63) is 94.8 Å². The number of aryl methyl sites for hydroxylation is 1. The number of nitrogens with one attached hydrogen (secondary N) is 1. The van der Waals surface area contributed by atoms with Crippen molar-refractivity contribution in [1.29, 1.82) is 0 Å². The average molecular weight is 464 g/mol. The van der Waals surface area contributed by atoms with Gasteiger partial charge < -0.3 is 10.1 Å². The van der Waals surface area contributed by atoms with Crippen LogP contribution in [0.15, 0.2) is 72.9 Å². The van der Waals surface area contributed by atoms with E-state index in [2.05, 4.69) is 15.2 Å². The lowest BCUT2D eigenvalue weighted by Gasteiger charge is -2.32. The first-order valence-corrected chi connectivity index (χ1v) is 11.9. The predicted molar refractivity (Wildman–Crippen MR) is 132 cm³/mol. The molecule has 1 atom stereocenters. The van der Waals surface area contributed by atoms with Crippen LogP contribution < -0.4 is 10.1 Å². The van der Waals surface area contributed by atoms with Crippen LogP contribution in [0.5, 0.6) is 5.75 Å². The van der Waals surface area contributed by atoms with Crippen LogP contribution in [0.1, 0.15) is 35.7 Å². The van der Waals surface area contributed by atoms with Crippen LogP contribution in [0.3, 0.4) is 0 Å². The molecule has 1 N–H and O–H groups in total. The van der Waals surface area contributed by atoms with Crippen LogP contribution in [-0.4, -0.2) is 42.0 Å². The molecule has 1 aliphatic rings. The first-order chi connectivity index (χ1) is 16.1. The van der Waals surface area contributed by atoms with E-state index in [1.165, 1.54) is 0 Å². The number of ether oxygens (including phenoxy) is 1. The molecule has 1 saturated heterocycles. The number of carbonyl (C=O) groups excluding carboxylic acids is 1. The third-order valence-corrected chi connectivity index (χ3v) is 6.44. The van der Waals surface area contributed by atoms with Crippen molar-refractivity contribution in [3.63, 3.8) is 0 Å². The summed E-state index contributed by atoms with van der Waals surface area (Å²) in [5.74, 6) is 0.972. The minimum absolute atomic E-state index is 0.00453. The maximum Gasteiger partial charge on any atom is 0.224 e. The highest BCUT2D eigenvalue weighted by Crippen LogP contribution is 2.26. The van der Waals surface area contributed by atoms with Gasteiger partial charge in [0, 0.05) is 23.7 Å². The molecule has 0 radical (unpaired) electrons. The predicted octanol–water partition coefficient (Wildman–Crippen LogP) is 5.04. The zero-order valence-electron chi connectivity index (χ0n) is 18.9. The molecule has 172 valence electrons. The number of pyridine rings is 1. The molecule has 3 aromatic rings. The summed E-state index contributed by atoms with van der Waals surface area (Å²) in [6.07, 6.45) is 3.45. The maximum absolute atomic E-state index is 13.2. The van der Waals surface area contributed by atoms with E-state index in [9.17, 15) is 4.79 Å². The number of halogens is 1. The van der Waals surface area contributed by atoms with Crippen molar-refractivity contribution in [3.8, 4) is 5.75 Å². The van der Waals surface area contributed by atoms with Crippen molar-refractivity contribution in [2.45, 2.75) is 25.8 Å². The van der Waals surface area contributed by atoms with Crippen molar-refractivity contribution in [2.24, 2.45) is 5.92 Å². The molecule has 2 aromatic carbocycles.